The summed E-state index contributed by atoms with van der Waals surface area (Å²) in [4.78, 5) is 16.4. The van der Waals surface area contributed by atoms with Gasteiger partial charge in [0.15, 0.2) is 0 Å². The molecule has 0 amide bonds. The molecule has 0 aromatic carbocycles. The van der Waals surface area contributed by atoms with Crippen LogP contribution in [0.2, 0.25) is 0 Å². The molecule has 0 saturated heterocycles. The number of esters is 1. The van der Waals surface area contributed by atoms with E-state index in [1.165, 1.54) is 59.6 Å². The van der Waals surface area contributed by atoms with Crippen molar-refractivity contribution in [2.75, 3.05) is 13.7 Å². The lowest BCUT2D eigenvalue weighted by Crippen LogP contribution is -2.52. The molecular formula is C25H34INO3S. The molecule has 3 aliphatic carbocycles. The Bertz CT molecular complexity index is 818. The Morgan fingerprint density at radius 3 is 2.84 bits per heavy atom. The molecule has 0 radical (unpaired) electrons. The number of pyridine rings is 1. The highest BCUT2D eigenvalue weighted by Crippen LogP contribution is 2.66. The highest BCUT2D eigenvalue weighted by Gasteiger charge is 2.57. The fraction of sp³-hybridized carbons (Fsp3) is 0.680. The van der Waals surface area contributed by atoms with Crippen LogP contribution in [0.3, 0.4) is 0 Å². The summed E-state index contributed by atoms with van der Waals surface area (Å²) in [6.07, 6.45) is 13.8. The van der Waals surface area contributed by atoms with Gasteiger partial charge in [-0.3, -0.25) is 9.78 Å². The van der Waals surface area contributed by atoms with Crippen molar-refractivity contribution in [3.63, 3.8) is 0 Å². The number of rotatable bonds is 7. The van der Waals surface area contributed by atoms with Gasteiger partial charge in [0.2, 0.25) is 0 Å². The summed E-state index contributed by atoms with van der Waals surface area (Å²) in [6.45, 7) is 5.70. The lowest BCUT2D eigenvalue weighted by molar-refractivity contribution is -0.143. The third-order valence-electron chi connectivity index (χ3n) is 9.03. The van der Waals surface area contributed by atoms with Crippen molar-refractivity contribution >= 4 is 42.0 Å². The van der Waals surface area contributed by atoms with Crippen molar-refractivity contribution in [1.82, 2.24) is 4.98 Å². The van der Waals surface area contributed by atoms with Crippen molar-refractivity contribution in [2.24, 2.45) is 34.5 Å². The van der Waals surface area contributed by atoms with E-state index in [1.54, 1.807) is 0 Å². The van der Waals surface area contributed by atoms with E-state index in [2.05, 4.69) is 58.2 Å². The first-order chi connectivity index (χ1) is 14.9. The first-order valence-electron chi connectivity index (χ1n) is 11.5. The van der Waals surface area contributed by atoms with Crippen molar-refractivity contribution in [3.05, 3.63) is 36.2 Å². The fourth-order valence-corrected chi connectivity index (χ4v) is 7.97. The molecule has 0 N–H and O–H groups in total. The molecule has 6 atom stereocenters. The SMILES string of the molecule is COC(=O)CCC1(C)C(COSI)CCC2C3CC=C(c4cccnc4)C3(C)CCC21. The number of carbonyl (C=O) groups excluding carboxylic acids is 1. The molecule has 0 bridgehead atoms. The topological polar surface area (TPSA) is 48.4 Å². The minimum atomic E-state index is -0.0895. The van der Waals surface area contributed by atoms with Gasteiger partial charge in [0, 0.05) is 40.0 Å². The molecule has 31 heavy (non-hydrogen) atoms. The molecule has 2 fully saturated rings. The van der Waals surface area contributed by atoms with Gasteiger partial charge in [-0.15, -0.1) is 0 Å². The maximum Gasteiger partial charge on any atom is 0.305 e. The third-order valence-corrected chi connectivity index (χ3v) is 10.0. The highest BCUT2D eigenvalue weighted by atomic mass is 127. The minimum Gasteiger partial charge on any atom is -0.469 e. The van der Waals surface area contributed by atoms with E-state index in [0.717, 1.165) is 13.0 Å². The lowest BCUT2D eigenvalue weighted by Gasteiger charge is -2.59. The van der Waals surface area contributed by atoms with Crippen LogP contribution in [0.5, 0.6) is 0 Å². The number of hydrogen-bond acceptors (Lipinski definition) is 5. The summed E-state index contributed by atoms with van der Waals surface area (Å²) in [7, 11) is 2.93. The summed E-state index contributed by atoms with van der Waals surface area (Å²) in [5.74, 6) is 2.43. The number of ether oxygens (including phenoxy) is 1. The molecular weight excluding hydrogens is 521 g/mol. The van der Waals surface area contributed by atoms with Crippen LogP contribution in [-0.2, 0) is 13.7 Å². The Morgan fingerprint density at radius 2 is 2.13 bits per heavy atom. The highest BCUT2D eigenvalue weighted by molar-refractivity contribution is 14.2. The number of methoxy groups -OCH3 is 1. The number of hydrogen-bond donors (Lipinski definition) is 0. The molecule has 6 heteroatoms. The Kier molecular flexibility index (Phi) is 7.38. The number of carbonyl (C=O) groups is 1. The number of nitrogens with zero attached hydrogens (tertiary/aromatic N) is 1. The zero-order valence-corrected chi connectivity index (χ0v) is 21.8. The Hall–Kier alpha value is -0.600. The third kappa shape index (κ3) is 4.33. The lowest BCUT2D eigenvalue weighted by atomic mass is 9.46. The second kappa shape index (κ2) is 9.72. The quantitative estimate of drug-likeness (QED) is 0.208. The largest absolute Gasteiger partial charge is 0.469 e. The van der Waals surface area contributed by atoms with Crippen molar-refractivity contribution in [1.29, 1.82) is 0 Å². The van der Waals surface area contributed by atoms with Crippen LogP contribution in [0.25, 0.3) is 5.57 Å². The first kappa shape index (κ1) is 23.6. The Balaban J connectivity index is 1.59. The van der Waals surface area contributed by atoms with Crippen molar-refractivity contribution in [3.8, 4) is 0 Å². The second-order valence-electron chi connectivity index (χ2n) is 10.1. The van der Waals surface area contributed by atoms with Gasteiger partial charge >= 0.3 is 5.97 Å². The molecule has 1 aromatic heterocycles. The van der Waals surface area contributed by atoms with Gasteiger partial charge < -0.3 is 8.92 Å². The van der Waals surface area contributed by atoms with Crippen LogP contribution in [0.1, 0.15) is 64.4 Å². The van der Waals surface area contributed by atoms with Gasteiger partial charge in [0.1, 0.15) is 0 Å². The van der Waals surface area contributed by atoms with Gasteiger partial charge in [-0.25, -0.2) is 0 Å². The molecule has 4 rings (SSSR count). The van der Waals surface area contributed by atoms with Crippen LogP contribution in [0, 0.1) is 34.5 Å². The molecule has 6 unspecified atom stereocenters. The van der Waals surface area contributed by atoms with E-state index >= 15 is 0 Å². The molecule has 3 aliphatic rings. The van der Waals surface area contributed by atoms with Gasteiger partial charge in [-0.2, -0.15) is 0 Å². The smallest absolute Gasteiger partial charge is 0.305 e. The van der Waals surface area contributed by atoms with Crippen LogP contribution in [-0.4, -0.2) is 24.7 Å². The summed E-state index contributed by atoms with van der Waals surface area (Å²) in [5, 5.41) is 0. The molecule has 1 heterocycles. The second-order valence-corrected chi connectivity index (χ2v) is 11.6. The summed E-state index contributed by atoms with van der Waals surface area (Å²) in [5.41, 5.74) is 3.14. The monoisotopic (exact) mass is 555 g/mol. The summed E-state index contributed by atoms with van der Waals surface area (Å²) >= 11 is 2.21. The standard InChI is InChI=1S/C25H34INO3S/c1-24(13-11-23(28)29-3)18(16-30-31-26)6-7-19-21-9-8-20(17-5-4-14-27-15-17)25(21,2)12-10-22(19)24/h4-5,8,14-15,18-19,21-22H,6-7,9-13,16H2,1-3H3. The zero-order chi connectivity index (χ0) is 22.1. The van der Waals surface area contributed by atoms with Gasteiger partial charge in [0.05, 0.1) is 22.9 Å². The number of fused-ring (bicyclic) bond motifs is 3. The van der Waals surface area contributed by atoms with E-state index in [4.69, 9.17) is 8.92 Å². The van der Waals surface area contributed by atoms with Crippen molar-refractivity contribution in [2.45, 2.75) is 58.8 Å². The van der Waals surface area contributed by atoms with Crippen LogP contribution < -0.4 is 0 Å². The van der Waals surface area contributed by atoms with E-state index < -0.39 is 0 Å². The van der Waals surface area contributed by atoms with E-state index in [9.17, 15) is 4.79 Å². The summed E-state index contributed by atoms with van der Waals surface area (Å²) < 4.78 is 10.8. The molecule has 1 aromatic rings. The maximum absolute atomic E-state index is 12.0. The normalized spacial score (nSPS) is 37.0. The average molecular weight is 556 g/mol. The average Bonchev–Trinajstić information content (AvgIpc) is 3.15. The van der Waals surface area contributed by atoms with E-state index in [1.807, 2.05) is 12.4 Å². The van der Waals surface area contributed by atoms with Crippen LogP contribution >= 0.6 is 30.4 Å². The Labute approximate surface area is 203 Å². The number of aromatic nitrogens is 1. The molecule has 0 spiro atoms. The molecule has 0 aliphatic heterocycles. The van der Waals surface area contributed by atoms with Crippen LogP contribution in [0.4, 0.5) is 0 Å². The maximum atomic E-state index is 12.0. The van der Waals surface area contributed by atoms with Gasteiger partial charge in [-0.05, 0) is 90.2 Å². The van der Waals surface area contributed by atoms with E-state index in [0.29, 0.717) is 30.1 Å². The minimum absolute atomic E-state index is 0.0895. The molecule has 4 nitrogen and oxygen atoms in total. The van der Waals surface area contributed by atoms with Gasteiger partial charge in [0.25, 0.3) is 0 Å². The fourth-order valence-electron chi connectivity index (χ4n) is 7.32. The first-order valence-corrected chi connectivity index (χ1v) is 14.8. The van der Waals surface area contributed by atoms with Crippen molar-refractivity contribution < 1.29 is 13.7 Å². The van der Waals surface area contributed by atoms with E-state index in [-0.39, 0.29) is 16.8 Å². The van der Waals surface area contributed by atoms with Crippen LogP contribution in [0.15, 0.2) is 30.6 Å². The van der Waals surface area contributed by atoms with Gasteiger partial charge in [-0.1, -0.05) is 26.0 Å². The molecule has 2 saturated carbocycles. The summed E-state index contributed by atoms with van der Waals surface area (Å²) in [6, 6.07) is 4.27. The number of allylic oxidation sites excluding steroid dienone is 2. The predicted octanol–water partition coefficient (Wildman–Crippen LogP) is 6.90. The predicted molar refractivity (Wildman–Crippen MR) is 134 cm³/mol. The molecule has 170 valence electrons. The number of halogens is 1. The Morgan fingerprint density at radius 1 is 1.29 bits per heavy atom. The zero-order valence-electron chi connectivity index (χ0n) is 18.8.